The number of H-pyrrole nitrogens is 1. The molecule has 0 radical (unpaired) electrons. The first-order chi connectivity index (χ1) is 12.1. The third kappa shape index (κ3) is 2.14. The summed E-state index contributed by atoms with van der Waals surface area (Å²) in [7, 11) is 0. The molecule has 4 nitrogen and oxygen atoms in total. The Morgan fingerprint density at radius 3 is 2.54 bits per heavy atom. The SMILES string of the molecule is CC(C)(O)c1ccc2c(c1)C(=O)c1c([nH]c3cc(C#N)ccc13)C2(C)C. The molecular formula is C22H20N2O2. The zero-order valence-electron chi connectivity index (χ0n) is 15.3. The molecule has 0 aliphatic heterocycles. The highest BCUT2D eigenvalue weighted by Crippen LogP contribution is 2.44. The first-order valence-corrected chi connectivity index (χ1v) is 8.63. The van der Waals surface area contributed by atoms with Crippen molar-refractivity contribution in [2.75, 3.05) is 0 Å². The largest absolute Gasteiger partial charge is 0.386 e. The molecule has 130 valence electrons. The van der Waals surface area contributed by atoms with Gasteiger partial charge in [-0.05, 0) is 43.2 Å². The highest BCUT2D eigenvalue weighted by molar-refractivity contribution is 6.20. The quantitative estimate of drug-likeness (QED) is 0.696. The minimum Gasteiger partial charge on any atom is -0.386 e. The predicted molar refractivity (Wildman–Crippen MR) is 100 cm³/mol. The molecule has 1 aliphatic carbocycles. The molecule has 2 N–H and O–H groups in total. The van der Waals surface area contributed by atoms with Gasteiger partial charge in [0.2, 0.25) is 0 Å². The van der Waals surface area contributed by atoms with Gasteiger partial charge < -0.3 is 10.1 Å². The standard InChI is InChI=1S/C22H20N2O2/c1-21(2)16-8-6-13(22(3,4)26)10-15(16)19(25)18-14-7-5-12(11-23)9-17(14)24-20(18)21/h5-10,24,26H,1-4H3. The number of aromatic nitrogens is 1. The van der Waals surface area contributed by atoms with Gasteiger partial charge in [0.1, 0.15) is 0 Å². The zero-order chi connectivity index (χ0) is 18.9. The van der Waals surface area contributed by atoms with Crippen molar-refractivity contribution >= 4 is 16.7 Å². The fourth-order valence-electron chi connectivity index (χ4n) is 3.90. The number of carbonyl (C=O) groups excluding carboxylic acids is 1. The van der Waals surface area contributed by atoms with Crippen LogP contribution in [0.3, 0.4) is 0 Å². The lowest BCUT2D eigenvalue weighted by molar-refractivity contribution is 0.0784. The molecule has 4 heteroatoms. The number of ketones is 1. The van der Waals surface area contributed by atoms with Gasteiger partial charge in [-0.1, -0.05) is 32.0 Å². The van der Waals surface area contributed by atoms with Crippen LogP contribution in [-0.2, 0) is 11.0 Å². The Labute approximate surface area is 152 Å². The van der Waals surface area contributed by atoms with Crippen molar-refractivity contribution in [1.82, 2.24) is 4.98 Å². The van der Waals surface area contributed by atoms with Crippen LogP contribution in [0, 0.1) is 11.3 Å². The first-order valence-electron chi connectivity index (χ1n) is 8.63. The van der Waals surface area contributed by atoms with Crippen LogP contribution in [-0.4, -0.2) is 15.9 Å². The molecule has 2 aromatic carbocycles. The Hall–Kier alpha value is -2.90. The second kappa shape index (κ2) is 5.06. The molecule has 0 fully saturated rings. The molecule has 26 heavy (non-hydrogen) atoms. The van der Waals surface area contributed by atoms with E-state index in [0.29, 0.717) is 16.7 Å². The number of benzene rings is 2. The Morgan fingerprint density at radius 1 is 1.15 bits per heavy atom. The molecule has 1 aliphatic rings. The van der Waals surface area contributed by atoms with Gasteiger partial charge >= 0.3 is 0 Å². The summed E-state index contributed by atoms with van der Waals surface area (Å²) in [4.78, 5) is 16.7. The van der Waals surface area contributed by atoms with E-state index in [1.54, 1.807) is 26.0 Å². The van der Waals surface area contributed by atoms with Gasteiger partial charge in [0, 0.05) is 27.6 Å². The normalized spacial score (nSPS) is 15.5. The van der Waals surface area contributed by atoms with Crippen LogP contribution in [0.1, 0.15) is 66.0 Å². The number of carbonyl (C=O) groups is 1. The van der Waals surface area contributed by atoms with Gasteiger partial charge in [-0.2, -0.15) is 5.26 Å². The number of nitrogens with zero attached hydrogens (tertiary/aromatic N) is 1. The zero-order valence-corrected chi connectivity index (χ0v) is 15.3. The number of rotatable bonds is 1. The summed E-state index contributed by atoms with van der Waals surface area (Å²) in [5.41, 5.74) is 3.78. The van der Waals surface area contributed by atoms with Crippen LogP contribution < -0.4 is 0 Å². The lowest BCUT2D eigenvalue weighted by Crippen LogP contribution is -2.31. The number of aromatic amines is 1. The number of aliphatic hydroxyl groups is 1. The molecule has 3 aromatic rings. The molecule has 0 bridgehead atoms. The Bertz CT molecular complexity index is 1120. The number of hydrogen-bond donors (Lipinski definition) is 2. The smallest absolute Gasteiger partial charge is 0.195 e. The lowest BCUT2D eigenvalue weighted by Gasteiger charge is -2.33. The van der Waals surface area contributed by atoms with Crippen LogP contribution >= 0.6 is 0 Å². The molecule has 1 heterocycles. The van der Waals surface area contributed by atoms with Crippen molar-refractivity contribution < 1.29 is 9.90 Å². The third-order valence-electron chi connectivity index (χ3n) is 5.42. The maximum atomic E-state index is 13.3. The van der Waals surface area contributed by atoms with Crippen molar-refractivity contribution in [3.8, 4) is 6.07 Å². The van der Waals surface area contributed by atoms with Crippen LogP contribution in [0.25, 0.3) is 10.9 Å². The van der Waals surface area contributed by atoms with Crippen LogP contribution in [0.15, 0.2) is 36.4 Å². The molecule has 0 atom stereocenters. The molecule has 1 aromatic heterocycles. The van der Waals surface area contributed by atoms with Crippen molar-refractivity contribution in [1.29, 1.82) is 5.26 Å². The van der Waals surface area contributed by atoms with Crippen LogP contribution in [0.4, 0.5) is 0 Å². The molecule has 0 saturated carbocycles. The van der Waals surface area contributed by atoms with Crippen LogP contribution in [0.2, 0.25) is 0 Å². The van der Waals surface area contributed by atoms with Crippen molar-refractivity contribution in [2.45, 2.75) is 38.7 Å². The molecule has 0 saturated heterocycles. The van der Waals surface area contributed by atoms with Gasteiger partial charge in [-0.15, -0.1) is 0 Å². The lowest BCUT2D eigenvalue weighted by atomic mass is 9.70. The Kier molecular flexibility index (Phi) is 3.22. The molecule has 4 rings (SSSR count). The van der Waals surface area contributed by atoms with Gasteiger partial charge in [-0.25, -0.2) is 0 Å². The molecule has 0 spiro atoms. The number of fused-ring (bicyclic) bond motifs is 4. The summed E-state index contributed by atoms with van der Waals surface area (Å²) in [6, 6.07) is 13.1. The average molecular weight is 344 g/mol. The highest BCUT2D eigenvalue weighted by Gasteiger charge is 2.40. The van der Waals surface area contributed by atoms with E-state index in [2.05, 4.69) is 24.9 Å². The van der Waals surface area contributed by atoms with E-state index in [9.17, 15) is 9.90 Å². The summed E-state index contributed by atoms with van der Waals surface area (Å²) in [6.07, 6.45) is 0. The second-order valence-corrected chi connectivity index (χ2v) is 8.02. The van der Waals surface area contributed by atoms with E-state index in [-0.39, 0.29) is 11.2 Å². The molecular weight excluding hydrogens is 324 g/mol. The van der Waals surface area contributed by atoms with Gasteiger partial charge in [0.15, 0.2) is 5.78 Å². The maximum Gasteiger partial charge on any atom is 0.195 e. The minimum atomic E-state index is -1.01. The third-order valence-corrected chi connectivity index (χ3v) is 5.42. The summed E-state index contributed by atoms with van der Waals surface area (Å²) in [5, 5.41) is 20.3. The van der Waals surface area contributed by atoms with E-state index >= 15 is 0 Å². The number of nitriles is 1. The topological polar surface area (TPSA) is 76.9 Å². The van der Waals surface area contributed by atoms with E-state index in [1.165, 1.54) is 0 Å². The van der Waals surface area contributed by atoms with E-state index in [0.717, 1.165) is 27.7 Å². The maximum absolute atomic E-state index is 13.3. The molecule has 0 amide bonds. The van der Waals surface area contributed by atoms with Gasteiger partial charge in [0.25, 0.3) is 0 Å². The van der Waals surface area contributed by atoms with Crippen molar-refractivity contribution in [3.63, 3.8) is 0 Å². The van der Waals surface area contributed by atoms with Gasteiger partial charge in [0.05, 0.1) is 22.8 Å². The van der Waals surface area contributed by atoms with E-state index in [4.69, 9.17) is 5.26 Å². The second-order valence-electron chi connectivity index (χ2n) is 8.02. The fourth-order valence-corrected chi connectivity index (χ4v) is 3.90. The minimum absolute atomic E-state index is 0.0450. The Morgan fingerprint density at radius 2 is 1.88 bits per heavy atom. The first kappa shape index (κ1) is 16.6. The average Bonchev–Trinajstić information content (AvgIpc) is 2.98. The monoisotopic (exact) mass is 344 g/mol. The summed E-state index contributed by atoms with van der Waals surface area (Å²) in [6.45, 7) is 7.60. The summed E-state index contributed by atoms with van der Waals surface area (Å²) < 4.78 is 0. The van der Waals surface area contributed by atoms with E-state index in [1.807, 2.05) is 24.3 Å². The number of hydrogen-bond acceptors (Lipinski definition) is 3. The Balaban J connectivity index is 2.03. The fraction of sp³-hybridized carbons (Fsp3) is 0.273. The highest BCUT2D eigenvalue weighted by atomic mass is 16.3. The van der Waals surface area contributed by atoms with Crippen molar-refractivity contribution in [3.05, 3.63) is 69.9 Å². The number of nitrogens with one attached hydrogen (secondary N) is 1. The van der Waals surface area contributed by atoms with Crippen LogP contribution in [0.5, 0.6) is 0 Å². The van der Waals surface area contributed by atoms with Gasteiger partial charge in [-0.3, -0.25) is 4.79 Å². The van der Waals surface area contributed by atoms with Crippen molar-refractivity contribution in [2.24, 2.45) is 0 Å². The predicted octanol–water partition coefficient (Wildman–Crippen LogP) is 4.14. The summed E-state index contributed by atoms with van der Waals surface area (Å²) >= 11 is 0. The molecule has 0 unspecified atom stereocenters. The van der Waals surface area contributed by atoms with E-state index < -0.39 is 5.60 Å². The summed E-state index contributed by atoms with van der Waals surface area (Å²) in [5.74, 6) is -0.0450.